The van der Waals surface area contributed by atoms with Crippen LogP contribution in [0.3, 0.4) is 0 Å². The maximum Gasteiger partial charge on any atom is 0.257 e. The molecule has 2 aromatic heterocycles. The van der Waals surface area contributed by atoms with E-state index in [4.69, 9.17) is 9.26 Å². The Bertz CT molecular complexity index is 851. The number of carbonyl (C=O) groups excluding carboxylic acids is 1. The number of morpholine rings is 1. The lowest BCUT2D eigenvalue weighted by Gasteiger charge is -2.33. The van der Waals surface area contributed by atoms with Gasteiger partial charge in [0.25, 0.3) is 11.8 Å². The molecule has 1 atom stereocenters. The summed E-state index contributed by atoms with van der Waals surface area (Å²) in [6.07, 6.45) is 3.20. The molecule has 1 unspecified atom stereocenters. The van der Waals surface area contributed by atoms with Crippen molar-refractivity contribution in [2.45, 2.75) is 6.04 Å². The standard InChI is InChI=1S/C18H16N4O3/c23-18(14-6-8-19-9-7-14)22-10-11-24-12-15(22)16-20-17(25-21-16)13-4-2-1-3-5-13/h1-9,15H,10-12H2. The first-order valence-corrected chi connectivity index (χ1v) is 8.01. The summed E-state index contributed by atoms with van der Waals surface area (Å²) in [5.41, 5.74) is 1.42. The van der Waals surface area contributed by atoms with Gasteiger partial charge < -0.3 is 14.2 Å². The molecule has 7 heteroatoms. The smallest absolute Gasteiger partial charge is 0.257 e. The molecule has 0 N–H and O–H groups in total. The van der Waals surface area contributed by atoms with Crippen molar-refractivity contribution >= 4 is 5.91 Å². The van der Waals surface area contributed by atoms with Gasteiger partial charge in [-0.15, -0.1) is 0 Å². The number of benzene rings is 1. The molecule has 0 spiro atoms. The van der Waals surface area contributed by atoms with Crippen molar-refractivity contribution in [3.8, 4) is 11.5 Å². The highest BCUT2D eigenvalue weighted by atomic mass is 16.5. The third kappa shape index (κ3) is 3.14. The Hall–Kier alpha value is -3.06. The number of hydrogen-bond donors (Lipinski definition) is 0. The minimum atomic E-state index is -0.379. The molecule has 0 radical (unpaired) electrons. The van der Waals surface area contributed by atoms with Gasteiger partial charge in [0.2, 0.25) is 0 Å². The summed E-state index contributed by atoms with van der Waals surface area (Å²) in [6.45, 7) is 1.29. The molecule has 3 aromatic rings. The van der Waals surface area contributed by atoms with E-state index >= 15 is 0 Å². The van der Waals surface area contributed by atoms with Crippen molar-refractivity contribution in [2.75, 3.05) is 19.8 Å². The van der Waals surface area contributed by atoms with E-state index in [2.05, 4.69) is 15.1 Å². The molecule has 0 saturated carbocycles. The van der Waals surface area contributed by atoms with Gasteiger partial charge in [0, 0.05) is 30.1 Å². The van der Waals surface area contributed by atoms with Crippen LogP contribution in [0, 0.1) is 0 Å². The van der Waals surface area contributed by atoms with Crippen molar-refractivity contribution in [3.63, 3.8) is 0 Å². The molecule has 126 valence electrons. The number of nitrogens with zero attached hydrogens (tertiary/aromatic N) is 4. The average Bonchev–Trinajstić information content (AvgIpc) is 3.19. The fraction of sp³-hybridized carbons (Fsp3) is 0.222. The summed E-state index contributed by atoms with van der Waals surface area (Å²) in [6, 6.07) is 12.5. The monoisotopic (exact) mass is 336 g/mol. The second-order valence-electron chi connectivity index (χ2n) is 5.65. The van der Waals surface area contributed by atoms with Crippen molar-refractivity contribution in [1.82, 2.24) is 20.0 Å². The third-order valence-electron chi connectivity index (χ3n) is 4.08. The fourth-order valence-electron chi connectivity index (χ4n) is 2.79. The summed E-state index contributed by atoms with van der Waals surface area (Å²) in [5.74, 6) is 0.778. The first-order chi connectivity index (χ1) is 12.3. The van der Waals surface area contributed by atoms with Crippen LogP contribution in [-0.2, 0) is 4.74 Å². The summed E-state index contributed by atoms with van der Waals surface area (Å²) in [7, 11) is 0. The average molecular weight is 336 g/mol. The van der Waals surface area contributed by atoms with Gasteiger partial charge in [-0.1, -0.05) is 23.4 Å². The lowest BCUT2D eigenvalue weighted by atomic mass is 10.1. The number of carbonyl (C=O) groups is 1. The molecule has 1 aliphatic heterocycles. The van der Waals surface area contributed by atoms with Crippen LogP contribution in [0.25, 0.3) is 11.5 Å². The van der Waals surface area contributed by atoms with Gasteiger partial charge in [-0.25, -0.2) is 0 Å². The molecule has 0 bridgehead atoms. The normalized spacial score (nSPS) is 17.4. The second kappa shape index (κ2) is 6.82. The molecule has 0 aliphatic carbocycles. The summed E-state index contributed by atoms with van der Waals surface area (Å²) in [4.78, 5) is 23.0. The maximum atomic E-state index is 12.8. The zero-order valence-electron chi connectivity index (χ0n) is 13.4. The van der Waals surface area contributed by atoms with E-state index in [-0.39, 0.29) is 11.9 Å². The van der Waals surface area contributed by atoms with E-state index in [0.717, 1.165) is 5.56 Å². The Morgan fingerprint density at radius 3 is 2.72 bits per heavy atom. The highest BCUT2D eigenvalue weighted by Crippen LogP contribution is 2.26. The maximum absolute atomic E-state index is 12.8. The van der Waals surface area contributed by atoms with Crippen LogP contribution in [0.2, 0.25) is 0 Å². The molecule has 4 rings (SSSR count). The van der Waals surface area contributed by atoms with Gasteiger partial charge in [0.15, 0.2) is 5.82 Å². The highest BCUT2D eigenvalue weighted by molar-refractivity contribution is 5.94. The van der Waals surface area contributed by atoms with Gasteiger partial charge in [-0.05, 0) is 24.3 Å². The second-order valence-corrected chi connectivity index (χ2v) is 5.65. The van der Waals surface area contributed by atoms with Gasteiger partial charge in [0.1, 0.15) is 6.04 Å². The molecule has 1 amide bonds. The number of pyridine rings is 1. The number of aromatic nitrogens is 3. The SMILES string of the molecule is O=C(c1ccncc1)N1CCOCC1c1noc(-c2ccccc2)n1. The molecule has 1 aromatic carbocycles. The Kier molecular flexibility index (Phi) is 4.22. The van der Waals surface area contributed by atoms with Crippen molar-refractivity contribution in [2.24, 2.45) is 0 Å². The molecular weight excluding hydrogens is 320 g/mol. The lowest BCUT2D eigenvalue weighted by molar-refractivity contribution is -0.00577. The highest BCUT2D eigenvalue weighted by Gasteiger charge is 2.32. The van der Waals surface area contributed by atoms with Crippen LogP contribution in [0.4, 0.5) is 0 Å². The number of hydrogen-bond acceptors (Lipinski definition) is 6. The Labute approximate surface area is 144 Å². The number of ether oxygens (including phenoxy) is 1. The zero-order valence-corrected chi connectivity index (χ0v) is 13.4. The van der Waals surface area contributed by atoms with Gasteiger partial charge >= 0.3 is 0 Å². The largest absolute Gasteiger partial charge is 0.377 e. The molecule has 1 aliphatic rings. The van der Waals surface area contributed by atoms with Gasteiger partial charge in [-0.3, -0.25) is 9.78 Å². The lowest BCUT2D eigenvalue weighted by Crippen LogP contribution is -2.43. The Morgan fingerprint density at radius 2 is 1.92 bits per heavy atom. The van der Waals surface area contributed by atoms with Gasteiger partial charge in [-0.2, -0.15) is 4.98 Å². The van der Waals surface area contributed by atoms with E-state index in [9.17, 15) is 4.79 Å². The van der Waals surface area contributed by atoms with Crippen LogP contribution in [0.15, 0.2) is 59.4 Å². The van der Waals surface area contributed by atoms with Crippen LogP contribution in [0.5, 0.6) is 0 Å². The minimum Gasteiger partial charge on any atom is -0.377 e. The minimum absolute atomic E-state index is 0.0956. The number of amides is 1. The Balaban J connectivity index is 1.62. The molecule has 25 heavy (non-hydrogen) atoms. The van der Waals surface area contributed by atoms with Crippen LogP contribution < -0.4 is 0 Å². The molecule has 7 nitrogen and oxygen atoms in total. The Morgan fingerprint density at radius 1 is 1.12 bits per heavy atom. The predicted octanol–water partition coefficient (Wildman–Crippen LogP) is 2.35. The van der Waals surface area contributed by atoms with E-state index in [0.29, 0.717) is 37.0 Å². The van der Waals surface area contributed by atoms with Crippen LogP contribution in [-0.4, -0.2) is 45.7 Å². The molecule has 1 fully saturated rings. The van der Waals surface area contributed by atoms with E-state index in [1.165, 1.54) is 0 Å². The summed E-state index contributed by atoms with van der Waals surface area (Å²) >= 11 is 0. The van der Waals surface area contributed by atoms with E-state index in [1.54, 1.807) is 29.4 Å². The third-order valence-corrected chi connectivity index (χ3v) is 4.08. The quantitative estimate of drug-likeness (QED) is 0.730. The van der Waals surface area contributed by atoms with Gasteiger partial charge in [0.05, 0.1) is 13.2 Å². The van der Waals surface area contributed by atoms with Crippen molar-refractivity contribution in [3.05, 3.63) is 66.2 Å². The molecular formula is C18H16N4O3. The topological polar surface area (TPSA) is 81.4 Å². The number of rotatable bonds is 3. The van der Waals surface area contributed by atoms with E-state index in [1.807, 2.05) is 30.3 Å². The van der Waals surface area contributed by atoms with Crippen molar-refractivity contribution in [1.29, 1.82) is 0 Å². The van der Waals surface area contributed by atoms with Crippen molar-refractivity contribution < 1.29 is 14.1 Å². The van der Waals surface area contributed by atoms with Crippen LogP contribution >= 0.6 is 0 Å². The summed E-state index contributed by atoms with van der Waals surface area (Å²) < 4.78 is 10.9. The molecule has 1 saturated heterocycles. The predicted molar refractivity (Wildman–Crippen MR) is 88.6 cm³/mol. The zero-order chi connectivity index (χ0) is 17.1. The summed E-state index contributed by atoms with van der Waals surface area (Å²) in [5, 5.41) is 4.07. The van der Waals surface area contributed by atoms with Crippen LogP contribution in [0.1, 0.15) is 22.2 Å². The first-order valence-electron chi connectivity index (χ1n) is 8.01. The fourth-order valence-corrected chi connectivity index (χ4v) is 2.79. The van der Waals surface area contributed by atoms with E-state index < -0.39 is 0 Å². The first kappa shape index (κ1) is 15.5. The molecule has 3 heterocycles.